The molecule has 0 aromatic heterocycles. The second-order valence-electron chi connectivity index (χ2n) is 24.7. The molecule has 0 radical (unpaired) electrons. The van der Waals surface area contributed by atoms with Crippen molar-refractivity contribution in [3.63, 3.8) is 0 Å². The van der Waals surface area contributed by atoms with Crippen LogP contribution in [0.15, 0.2) is 5.16 Å². The molecule has 3 N–H and O–H groups in total. The van der Waals surface area contributed by atoms with Gasteiger partial charge in [0.2, 0.25) is 5.79 Å². The Morgan fingerprint density at radius 1 is 0.829 bits per heavy atom. The molecule has 3 saturated heterocycles. The van der Waals surface area contributed by atoms with Gasteiger partial charge >= 0.3 is 5.97 Å². The van der Waals surface area contributed by atoms with E-state index >= 15 is 0 Å². The van der Waals surface area contributed by atoms with E-state index in [4.69, 9.17) is 52.0 Å². The van der Waals surface area contributed by atoms with E-state index in [-0.39, 0.29) is 37.5 Å². The maximum absolute atomic E-state index is 14.8. The van der Waals surface area contributed by atoms with Gasteiger partial charge in [0.15, 0.2) is 29.2 Å². The quantitative estimate of drug-likeness (QED) is 0.0614. The molecular formula is C52H100N2O14Si2. The number of cyclic esters (lactones) is 1. The van der Waals surface area contributed by atoms with E-state index in [0.717, 1.165) is 19.3 Å². The molecule has 0 spiro atoms. The van der Waals surface area contributed by atoms with Crippen LogP contribution in [0.3, 0.4) is 0 Å². The molecule has 4 aliphatic rings. The molecule has 3 aliphatic heterocycles. The van der Waals surface area contributed by atoms with Crippen LogP contribution < -0.4 is 0 Å². The Kier molecular flexibility index (Phi) is 21.3. The molecule has 18 heteroatoms. The van der Waals surface area contributed by atoms with Gasteiger partial charge in [-0.25, -0.2) is 0 Å². The second kappa shape index (κ2) is 24.3. The molecule has 70 heavy (non-hydrogen) atoms. The molecule has 0 bridgehead atoms. The van der Waals surface area contributed by atoms with E-state index < -0.39 is 124 Å². The highest BCUT2D eigenvalue weighted by atomic mass is 28.4. The van der Waals surface area contributed by atoms with E-state index in [1.165, 1.54) is 6.92 Å². The molecule has 0 aromatic rings. The van der Waals surface area contributed by atoms with Crippen molar-refractivity contribution in [1.29, 1.82) is 0 Å². The highest BCUT2D eigenvalue weighted by molar-refractivity contribution is 6.70. The fourth-order valence-electron chi connectivity index (χ4n) is 11.6. The third kappa shape index (κ3) is 15.5. The first-order valence-corrected chi connectivity index (χ1v) is 33.4. The number of esters is 1. The number of carbonyl (C=O) groups is 1. The van der Waals surface area contributed by atoms with Crippen molar-refractivity contribution < 1.29 is 67.0 Å². The summed E-state index contributed by atoms with van der Waals surface area (Å²) in [6.07, 6.45) is -2.93. The maximum Gasteiger partial charge on any atom is 0.311 e. The molecule has 16 nitrogen and oxygen atoms in total. The fourth-order valence-corrected chi connectivity index (χ4v) is 13.9. The summed E-state index contributed by atoms with van der Waals surface area (Å²) in [6.45, 7) is 35.1. The highest BCUT2D eigenvalue weighted by Crippen LogP contribution is 2.43. The second-order valence-corrected chi connectivity index (χ2v) is 33.6. The van der Waals surface area contributed by atoms with Crippen LogP contribution in [0, 0.1) is 23.7 Å². The third-order valence-electron chi connectivity index (χ3n) is 15.1. The van der Waals surface area contributed by atoms with Crippen molar-refractivity contribution in [3.05, 3.63) is 0 Å². The van der Waals surface area contributed by atoms with E-state index in [1.807, 2.05) is 62.6 Å². The molecule has 3 heterocycles. The Balaban J connectivity index is 1.96. The third-order valence-corrected chi connectivity index (χ3v) is 17.1. The average molecular weight is 1030 g/mol. The Hall–Kier alpha value is -1.11. The Morgan fingerprint density at radius 3 is 1.96 bits per heavy atom. The topological polar surface area (TPSA) is 186 Å². The van der Waals surface area contributed by atoms with Crippen molar-refractivity contribution in [2.45, 2.75) is 276 Å². The molecule has 1 aliphatic carbocycles. The average Bonchev–Trinajstić information content (AvgIpc) is 3.23. The molecule has 2 unspecified atom stereocenters. The minimum absolute atomic E-state index is 0.0531. The standard InChI is InChI=1S/C52H100N2O14Si2/c1-22-39-51(12,58)44(55)34(6)41(53-68-52(65-31(2)3)26-24-23-25-27-52)32(4)29-49(10,57)45(64-48-43(66-69(16,17)18)38(54(13)14)28-33(5)60-48)35(7)42(36(8)47(56)62-39)63-40-30-50(11,59-15)46(37(9)61-40)67-70(19,20)21/h31-40,42-46,48,55,57-58H,22-30H2,1-21H3/t32-,33-,34+,35+,36-,37+,38+,39-,40?,42+,43-,44-,45-,46+,48?,49+,50-,51-/m1/s1. The summed E-state index contributed by atoms with van der Waals surface area (Å²) in [6, 6.07) is -0.0774. The first kappa shape index (κ1) is 61.4. The summed E-state index contributed by atoms with van der Waals surface area (Å²) in [5.41, 5.74) is -4.07. The van der Waals surface area contributed by atoms with Crippen LogP contribution in [-0.2, 0) is 51.6 Å². The van der Waals surface area contributed by atoms with Crippen molar-refractivity contribution in [1.82, 2.24) is 4.90 Å². The number of aliphatic hydroxyl groups is 3. The number of carbonyl (C=O) groups excluding carboxylic acids is 1. The lowest BCUT2D eigenvalue weighted by Crippen LogP contribution is -2.62. The number of hydrogen-bond donors (Lipinski definition) is 3. The fraction of sp³-hybridized carbons (Fsp3) is 0.962. The van der Waals surface area contributed by atoms with E-state index in [9.17, 15) is 20.1 Å². The summed E-state index contributed by atoms with van der Waals surface area (Å²) in [5.74, 6) is -4.82. The van der Waals surface area contributed by atoms with Gasteiger partial charge in [-0.1, -0.05) is 39.3 Å². The van der Waals surface area contributed by atoms with E-state index in [2.05, 4.69) is 44.2 Å². The van der Waals surface area contributed by atoms with Gasteiger partial charge in [0.25, 0.3) is 0 Å². The number of hydrogen-bond acceptors (Lipinski definition) is 16. The van der Waals surface area contributed by atoms with Gasteiger partial charge in [-0.3, -0.25) is 4.79 Å². The number of ether oxygens (including phenoxy) is 7. The van der Waals surface area contributed by atoms with Crippen LogP contribution in [0.25, 0.3) is 0 Å². The van der Waals surface area contributed by atoms with E-state index in [1.54, 1.807) is 34.8 Å². The molecule has 0 aromatic carbocycles. The van der Waals surface area contributed by atoms with Crippen molar-refractivity contribution in [3.8, 4) is 0 Å². The van der Waals surface area contributed by atoms with Crippen LogP contribution in [0.2, 0.25) is 39.3 Å². The SMILES string of the molecule is CC[C@H]1OC(=O)[C@H](C)[C@@H](OC2C[C@@](C)(OC)[C@@H](O[Si](C)(C)C)[C@H](C)O2)[C@H](C)[C@@H](OC2O[C@H](C)C[C@H](N(C)C)[C@H]2O[Si](C)(C)C)[C@@](C)(O)C[C@@H](C)C(=NOC2(OC(C)C)CCCCC2)[C@H](C)[C@@H](O)[C@]1(C)O. The Bertz CT molecular complexity index is 1680. The van der Waals surface area contributed by atoms with E-state index in [0.29, 0.717) is 25.0 Å². The maximum atomic E-state index is 14.8. The van der Waals surface area contributed by atoms with Crippen LogP contribution in [0.1, 0.15) is 141 Å². The van der Waals surface area contributed by atoms with Gasteiger partial charge in [0, 0.05) is 50.2 Å². The van der Waals surface area contributed by atoms with Crippen LogP contribution in [0.4, 0.5) is 0 Å². The largest absolute Gasteiger partial charge is 0.459 e. The van der Waals surface area contributed by atoms with Crippen LogP contribution in [-0.4, -0.2) is 166 Å². The Morgan fingerprint density at radius 2 is 1.43 bits per heavy atom. The summed E-state index contributed by atoms with van der Waals surface area (Å²) >= 11 is 0. The number of nitrogens with zero attached hydrogens (tertiary/aromatic N) is 2. The van der Waals surface area contributed by atoms with Crippen molar-refractivity contribution in [2.75, 3.05) is 21.2 Å². The predicted octanol–water partition coefficient (Wildman–Crippen LogP) is 8.39. The van der Waals surface area contributed by atoms with Gasteiger partial charge in [-0.2, -0.15) is 0 Å². The zero-order valence-electron chi connectivity index (χ0n) is 47.3. The summed E-state index contributed by atoms with van der Waals surface area (Å²) in [5, 5.41) is 43.0. The predicted molar refractivity (Wildman–Crippen MR) is 276 cm³/mol. The first-order valence-electron chi connectivity index (χ1n) is 26.6. The number of methoxy groups -OCH3 is 1. The summed E-state index contributed by atoms with van der Waals surface area (Å²) in [4.78, 5) is 23.5. The Labute approximate surface area is 425 Å². The van der Waals surface area contributed by atoms with Gasteiger partial charge in [0.05, 0.1) is 65.6 Å². The monoisotopic (exact) mass is 1030 g/mol. The minimum atomic E-state index is -2.23. The lowest BCUT2D eigenvalue weighted by molar-refractivity contribution is -0.315. The number of rotatable bonds is 15. The lowest BCUT2D eigenvalue weighted by Gasteiger charge is -2.51. The number of aliphatic hydroxyl groups excluding tert-OH is 1. The lowest BCUT2D eigenvalue weighted by atomic mass is 9.73. The van der Waals surface area contributed by atoms with Crippen LogP contribution >= 0.6 is 0 Å². The molecule has 4 fully saturated rings. The zero-order valence-corrected chi connectivity index (χ0v) is 49.3. The molecule has 1 saturated carbocycles. The number of likely N-dealkylation sites (N-methyl/N-ethyl adjacent to an activating group) is 1. The molecule has 4 rings (SSSR count). The summed E-state index contributed by atoms with van der Waals surface area (Å²) in [7, 11) is 1.42. The molecule has 410 valence electrons. The first-order chi connectivity index (χ1) is 32.1. The molecule has 0 amide bonds. The normalized spacial score (nSPS) is 42.7. The summed E-state index contributed by atoms with van der Waals surface area (Å²) < 4.78 is 60.5. The van der Waals surface area contributed by atoms with Crippen LogP contribution in [0.5, 0.6) is 0 Å². The highest BCUT2D eigenvalue weighted by Gasteiger charge is 2.55. The van der Waals surface area contributed by atoms with Gasteiger partial charge < -0.3 is 67.1 Å². The molecule has 18 atom stereocenters. The van der Waals surface area contributed by atoms with Gasteiger partial charge in [-0.15, -0.1) is 0 Å². The smallest absolute Gasteiger partial charge is 0.311 e. The minimum Gasteiger partial charge on any atom is -0.459 e. The van der Waals surface area contributed by atoms with Crippen molar-refractivity contribution in [2.24, 2.45) is 28.8 Å². The van der Waals surface area contributed by atoms with Crippen molar-refractivity contribution >= 4 is 28.3 Å². The molecular weight excluding hydrogens is 933 g/mol. The van der Waals surface area contributed by atoms with Gasteiger partial charge in [-0.05, 0) is 141 Å². The zero-order chi connectivity index (χ0) is 53.1. The van der Waals surface area contributed by atoms with Gasteiger partial charge in [0.1, 0.15) is 17.8 Å². The number of oxime groups is 1.